The SMILES string of the molecule is Cc1cc2ccc(N)cc2cc1N. The Kier molecular flexibility index (Phi) is 1.62. The normalized spacial score (nSPS) is 10.5. The Balaban J connectivity index is 2.81. The molecule has 2 rings (SSSR count). The molecule has 0 fully saturated rings. The zero-order valence-corrected chi connectivity index (χ0v) is 7.54. The number of benzene rings is 2. The summed E-state index contributed by atoms with van der Waals surface area (Å²) in [7, 11) is 0. The number of nitrogen functional groups attached to an aromatic ring is 2. The lowest BCUT2D eigenvalue weighted by Crippen LogP contribution is -1.90. The van der Waals surface area contributed by atoms with Crippen molar-refractivity contribution in [2.75, 3.05) is 11.5 Å². The lowest BCUT2D eigenvalue weighted by molar-refractivity contribution is 1.50. The Hall–Kier alpha value is -1.70. The molecular formula is C11H12N2. The van der Waals surface area contributed by atoms with Gasteiger partial charge in [-0.05, 0) is 47.5 Å². The predicted molar refractivity (Wildman–Crippen MR) is 57.5 cm³/mol. The minimum atomic E-state index is 0.774. The summed E-state index contributed by atoms with van der Waals surface area (Å²) in [6.45, 7) is 2.01. The van der Waals surface area contributed by atoms with Crippen molar-refractivity contribution in [1.82, 2.24) is 0 Å². The number of fused-ring (bicyclic) bond motifs is 1. The van der Waals surface area contributed by atoms with Crippen LogP contribution < -0.4 is 11.5 Å². The third-order valence-corrected chi connectivity index (χ3v) is 2.25. The molecule has 0 atom stereocenters. The summed E-state index contributed by atoms with van der Waals surface area (Å²) < 4.78 is 0. The van der Waals surface area contributed by atoms with Crippen LogP contribution in [-0.2, 0) is 0 Å². The Labute approximate surface area is 77.2 Å². The molecule has 0 radical (unpaired) electrons. The Morgan fingerprint density at radius 1 is 0.923 bits per heavy atom. The topological polar surface area (TPSA) is 52.0 Å². The van der Waals surface area contributed by atoms with Crippen LogP contribution in [0.2, 0.25) is 0 Å². The molecule has 0 aliphatic rings. The third kappa shape index (κ3) is 1.31. The van der Waals surface area contributed by atoms with E-state index in [1.807, 2.05) is 31.2 Å². The fourth-order valence-electron chi connectivity index (χ4n) is 1.45. The smallest absolute Gasteiger partial charge is 0.0350 e. The number of rotatable bonds is 0. The molecule has 0 aliphatic carbocycles. The van der Waals surface area contributed by atoms with Gasteiger partial charge in [-0.3, -0.25) is 0 Å². The van der Waals surface area contributed by atoms with Crippen LogP contribution >= 0.6 is 0 Å². The highest BCUT2D eigenvalue weighted by atomic mass is 14.6. The van der Waals surface area contributed by atoms with Crippen LogP contribution in [0.5, 0.6) is 0 Å². The number of aryl methyl sites for hydroxylation is 1. The summed E-state index contributed by atoms with van der Waals surface area (Å²) in [4.78, 5) is 0. The van der Waals surface area contributed by atoms with Crippen molar-refractivity contribution in [3.63, 3.8) is 0 Å². The van der Waals surface area contributed by atoms with Gasteiger partial charge in [0.15, 0.2) is 0 Å². The molecule has 0 saturated carbocycles. The van der Waals surface area contributed by atoms with Crippen LogP contribution in [0.25, 0.3) is 10.8 Å². The Bertz CT molecular complexity index is 461. The second-order valence-corrected chi connectivity index (χ2v) is 3.32. The van der Waals surface area contributed by atoms with Crippen LogP contribution in [0.1, 0.15) is 5.56 Å². The molecule has 66 valence electrons. The number of anilines is 2. The molecule has 0 saturated heterocycles. The van der Waals surface area contributed by atoms with Gasteiger partial charge in [0.05, 0.1) is 0 Å². The summed E-state index contributed by atoms with van der Waals surface area (Å²) in [5.41, 5.74) is 14.2. The summed E-state index contributed by atoms with van der Waals surface area (Å²) in [6, 6.07) is 9.88. The van der Waals surface area contributed by atoms with Crippen molar-refractivity contribution in [2.45, 2.75) is 6.92 Å². The van der Waals surface area contributed by atoms with Crippen LogP contribution in [0.4, 0.5) is 11.4 Å². The molecule has 0 aromatic heterocycles. The van der Waals surface area contributed by atoms with Crippen molar-refractivity contribution in [3.8, 4) is 0 Å². The van der Waals surface area contributed by atoms with E-state index in [2.05, 4.69) is 6.07 Å². The Morgan fingerprint density at radius 3 is 2.46 bits per heavy atom. The van der Waals surface area contributed by atoms with Gasteiger partial charge in [-0.1, -0.05) is 6.07 Å². The van der Waals surface area contributed by atoms with Gasteiger partial charge in [0.1, 0.15) is 0 Å². The van der Waals surface area contributed by atoms with Gasteiger partial charge in [-0.25, -0.2) is 0 Å². The molecule has 0 heterocycles. The fraction of sp³-hybridized carbons (Fsp3) is 0.0909. The first-order valence-electron chi connectivity index (χ1n) is 4.22. The summed E-state index contributed by atoms with van der Waals surface area (Å²) in [6.07, 6.45) is 0. The average Bonchev–Trinajstić information content (AvgIpc) is 2.08. The van der Waals surface area contributed by atoms with E-state index in [4.69, 9.17) is 11.5 Å². The molecule has 0 spiro atoms. The summed E-state index contributed by atoms with van der Waals surface area (Å²) in [5, 5.41) is 2.28. The summed E-state index contributed by atoms with van der Waals surface area (Å²) >= 11 is 0. The van der Waals surface area contributed by atoms with E-state index in [-0.39, 0.29) is 0 Å². The van der Waals surface area contributed by atoms with E-state index >= 15 is 0 Å². The molecule has 0 amide bonds. The van der Waals surface area contributed by atoms with Crippen LogP contribution in [0.3, 0.4) is 0 Å². The average molecular weight is 172 g/mol. The first kappa shape index (κ1) is 7.92. The third-order valence-electron chi connectivity index (χ3n) is 2.25. The van der Waals surface area contributed by atoms with Gasteiger partial charge < -0.3 is 11.5 Å². The van der Waals surface area contributed by atoms with E-state index in [1.165, 1.54) is 5.39 Å². The van der Waals surface area contributed by atoms with Crippen LogP contribution in [0.15, 0.2) is 30.3 Å². The van der Waals surface area contributed by atoms with Gasteiger partial charge in [0, 0.05) is 11.4 Å². The van der Waals surface area contributed by atoms with Gasteiger partial charge >= 0.3 is 0 Å². The van der Waals surface area contributed by atoms with Crippen LogP contribution in [-0.4, -0.2) is 0 Å². The van der Waals surface area contributed by atoms with Gasteiger partial charge in [0.2, 0.25) is 0 Å². The molecule has 13 heavy (non-hydrogen) atoms. The molecule has 0 aliphatic heterocycles. The minimum Gasteiger partial charge on any atom is -0.399 e. The van der Waals surface area contributed by atoms with Crippen LogP contribution in [0, 0.1) is 6.92 Å². The maximum absolute atomic E-state index is 5.80. The monoisotopic (exact) mass is 172 g/mol. The van der Waals surface area contributed by atoms with Crippen molar-refractivity contribution in [2.24, 2.45) is 0 Å². The van der Waals surface area contributed by atoms with Gasteiger partial charge in [0.25, 0.3) is 0 Å². The molecule has 0 bridgehead atoms. The predicted octanol–water partition coefficient (Wildman–Crippen LogP) is 2.31. The van der Waals surface area contributed by atoms with Crippen molar-refractivity contribution in [3.05, 3.63) is 35.9 Å². The van der Waals surface area contributed by atoms with E-state index in [9.17, 15) is 0 Å². The van der Waals surface area contributed by atoms with E-state index in [0.29, 0.717) is 0 Å². The molecule has 0 unspecified atom stereocenters. The number of nitrogens with two attached hydrogens (primary N) is 2. The highest BCUT2D eigenvalue weighted by molar-refractivity contribution is 5.89. The molecule has 2 nitrogen and oxygen atoms in total. The van der Waals surface area contributed by atoms with Gasteiger partial charge in [-0.2, -0.15) is 0 Å². The quantitative estimate of drug-likeness (QED) is 0.599. The van der Waals surface area contributed by atoms with Gasteiger partial charge in [-0.15, -0.1) is 0 Å². The Morgan fingerprint density at radius 2 is 1.69 bits per heavy atom. The number of hydrogen-bond donors (Lipinski definition) is 2. The highest BCUT2D eigenvalue weighted by Gasteiger charge is 1.97. The standard InChI is InChI=1S/C11H12N2/c1-7-4-8-2-3-10(12)5-9(8)6-11(7)13/h2-6H,12-13H2,1H3. The largest absolute Gasteiger partial charge is 0.399 e. The minimum absolute atomic E-state index is 0.774. The second-order valence-electron chi connectivity index (χ2n) is 3.32. The van der Waals surface area contributed by atoms with E-state index in [1.54, 1.807) is 0 Å². The second kappa shape index (κ2) is 2.66. The van der Waals surface area contributed by atoms with E-state index < -0.39 is 0 Å². The lowest BCUT2D eigenvalue weighted by atomic mass is 10.1. The number of hydrogen-bond acceptors (Lipinski definition) is 2. The summed E-state index contributed by atoms with van der Waals surface area (Å²) in [5.74, 6) is 0. The zero-order valence-electron chi connectivity index (χ0n) is 7.54. The molecule has 4 N–H and O–H groups in total. The molecule has 2 aromatic carbocycles. The maximum atomic E-state index is 5.80. The van der Waals surface area contributed by atoms with E-state index in [0.717, 1.165) is 22.3 Å². The van der Waals surface area contributed by atoms with Crippen molar-refractivity contribution >= 4 is 22.1 Å². The first-order valence-corrected chi connectivity index (χ1v) is 4.22. The maximum Gasteiger partial charge on any atom is 0.0350 e. The molecular weight excluding hydrogens is 160 g/mol. The molecule has 2 aromatic rings. The fourth-order valence-corrected chi connectivity index (χ4v) is 1.45. The van der Waals surface area contributed by atoms with Crippen molar-refractivity contribution < 1.29 is 0 Å². The van der Waals surface area contributed by atoms with Crippen molar-refractivity contribution in [1.29, 1.82) is 0 Å². The molecule has 2 heteroatoms. The highest BCUT2D eigenvalue weighted by Crippen LogP contribution is 2.22. The zero-order chi connectivity index (χ0) is 9.42. The first-order chi connectivity index (χ1) is 6.16. The lowest BCUT2D eigenvalue weighted by Gasteiger charge is -2.04.